The van der Waals surface area contributed by atoms with Gasteiger partial charge in [0.25, 0.3) is 5.91 Å². The number of amides is 2. The van der Waals surface area contributed by atoms with Crippen LogP contribution in [0.4, 0.5) is 0 Å². The summed E-state index contributed by atoms with van der Waals surface area (Å²) in [7, 11) is 1.60. The van der Waals surface area contributed by atoms with E-state index >= 15 is 0 Å². The molecule has 5 rings (SSSR count). The van der Waals surface area contributed by atoms with Gasteiger partial charge in [0.1, 0.15) is 11.4 Å². The summed E-state index contributed by atoms with van der Waals surface area (Å²) in [5.74, 6) is 0.0706. The van der Waals surface area contributed by atoms with Gasteiger partial charge in [-0.25, -0.2) is 0 Å². The molecule has 2 amide bonds. The molecule has 2 aromatic carbocycles. The SMILES string of the molecule is COCC1(C)CC(N2C(=N)NC(C)(C)CC2=O)c2cc(C(=O)N[C@@H]3c4ccccc4C[C@]3(C)O)ccc2O1. The number of guanidine groups is 1. The lowest BCUT2D eigenvalue weighted by Crippen LogP contribution is -2.61. The zero-order valence-electron chi connectivity index (χ0n) is 22.6. The van der Waals surface area contributed by atoms with Crippen molar-refractivity contribution in [1.82, 2.24) is 15.5 Å². The second-order valence-corrected chi connectivity index (χ2v) is 11.9. The van der Waals surface area contributed by atoms with Crippen LogP contribution in [0.25, 0.3) is 0 Å². The number of nitrogens with zero attached hydrogens (tertiary/aromatic N) is 1. The summed E-state index contributed by atoms with van der Waals surface area (Å²) < 4.78 is 11.7. The smallest absolute Gasteiger partial charge is 0.251 e. The number of hydrogen-bond donors (Lipinski definition) is 4. The summed E-state index contributed by atoms with van der Waals surface area (Å²) in [6.07, 6.45) is 1.08. The highest BCUT2D eigenvalue weighted by Crippen LogP contribution is 2.45. The van der Waals surface area contributed by atoms with Gasteiger partial charge in [-0.2, -0.15) is 0 Å². The van der Waals surface area contributed by atoms with E-state index in [9.17, 15) is 14.7 Å². The molecule has 1 aliphatic carbocycles. The second-order valence-electron chi connectivity index (χ2n) is 11.9. The Hall–Kier alpha value is -3.43. The van der Waals surface area contributed by atoms with E-state index in [0.717, 1.165) is 11.1 Å². The molecule has 0 saturated carbocycles. The minimum atomic E-state index is -1.12. The summed E-state index contributed by atoms with van der Waals surface area (Å²) in [6, 6.07) is 11.8. The predicted molar refractivity (Wildman–Crippen MR) is 142 cm³/mol. The van der Waals surface area contributed by atoms with Gasteiger partial charge in [0.15, 0.2) is 5.96 Å². The lowest BCUT2D eigenvalue weighted by Gasteiger charge is -2.47. The van der Waals surface area contributed by atoms with Gasteiger partial charge in [-0.3, -0.25) is 19.9 Å². The van der Waals surface area contributed by atoms with Crippen LogP contribution < -0.4 is 15.4 Å². The number of hydrogen-bond acceptors (Lipinski definition) is 6. The summed E-state index contributed by atoms with van der Waals surface area (Å²) in [6.45, 7) is 7.73. The first-order valence-corrected chi connectivity index (χ1v) is 12.9. The van der Waals surface area contributed by atoms with Gasteiger partial charge in [0.2, 0.25) is 5.91 Å². The first kappa shape index (κ1) is 26.2. The Labute approximate surface area is 223 Å². The molecule has 0 spiro atoms. The number of aliphatic hydroxyl groups is 1. The zero-order chi connectivity index (χ0) is 27.5. The van der Waals surface area contributed by atoms with Crippen LogP contribution in [-0.4, -0.2) is 58.2 Å². The van der Waals surface area contributed by atoms with E-state index < -0.39 is 28.8 Å². The van der Waals surface area contributed by atoms with Crippen molar-refractivity contribution >= 4 is 17.8 Å². The van der Waals surface area contributed by atoms with E-state index in [1.165, 1.54) is 4.90 Å². The largest absolute Gasteiger partial charge is 0.485 e. The highest BCUT2D eigenvalue weighted by atomic mass is 16.5. The van der Waals surface area contributed by atoms with E-state index in [1.807, 2.05) is 45.0 Å². The van der Waals surface area contributed by atoms with Crippen LogP contribution in [0.5, 0.6) is 5.75 Å². The van der Waals surface area contributed by atoms with Crippen molar-refractivity contribution < 1.29 is 24.2 Å². The molecule has 3 aliphatic rings. The maximum Gasteiger partial charge on any atom is 0.251 e. The fourth-order valence-corrected chi connectivity index (χ4v) is 6.08. The molecule has 0 aromatic heterocycles. The molecular formula is C29H36N4O5. The van der Waals surface area contributed by atoms with Crippen molar-refractivity contribution in [3.8, 4) is 5.75 Å². The van der Waals surface area contributed by atoms with Crippen LogP contribution in [0.2, 0.25) is 0 Å². The highest BCUT2D eigenvalue weighted by molar-refractivity contribution is 6.00. The monoisotopic (exact) mass is 520 g/mol. The molecule has 4 atom stereocenters. The van der Waals surface area contributed by atoms with Crippen molar-refractivity contribution in [2.75, 3.05) is 13.7 Å². The topological polar surface area (TPSA) is 124 Å². The number of methoxy groups -OCH3 is 1. The van der Waals surface area contributed by atoms with Gasteiger partial charge in [-0.1, -0.05) is 24.3 Å². The molecule has 0 radical (unpaired) electrons. The van der Waals surface area contributed by atoms with Crippen LogP contribution in [0.3, 0.4) is 0 Å². The van der Waals surface area contributed by atoms with Gasteiger partial charge >= 0.3 is 0 Å². The lowest BCUT2D eigenvalue weighted by molar-refractivity contribution is -0.134. The third-order valence-corrected chi connectivity index (χ3v) is 7.75. The molecule has 1 fully saturated rings. The van der Waals surface area contributed by atoms with Crippen molar-refractivity contribution in [1.29, 1.82) is 5.41 Å². The molecule has 1 saturated heterocycles. The number of carbonyl (C=O) groups is 2. The van der Waals surface area contributed by atoms with E-state index in [-0.39, 0.29) is 24.2 Å². The molecule has 202 valence electrons. The Bertz CT molecular complexity index is 1290. The lowest BCUT2D eigenvalue weighted by atomic mass is 9.85. The van der Waals surface area contributed by atoms with Crippen molar-refractivity contribution in [3.63, 3.8) is 0 Å². The quantitative estimate of drug-likeness (QED) is 0.480. The molecule has 2 unspecified atom stereocenters. The van der Waals surface area contributed by atoms with Gasteiger partial charge in [0, 0.05) is 43.0 Å². The molecule has 2 aromatic rings. The van der Waals surface area contributed by atoms with Gasteiger partial charge in [-0.05, 0) is 57.0 Å². The van der Waals surface area contributed by atoms with Crippen LogP contribution in [-0.2, 0) is 16.0 Å². The Morgan fingerprint density at radius 1 is 1.18 bits per heavy atom. The third kappa shape index (κ3) is 4.65. The molecule has 9 heteroatoms. The van der Waals surface area contributed by atoms with Gasteiger partial charge < -0.3 is 25.2 Å². The highest BCUT2D eigenvalue weighted by Gasteiger charge is 2.46. The summed E-state index contributed by atoms with van der Waals surface area (Å²) in [4.78, 5) is 28.3. The number of carbonyl (C=O) groups excluding carboxylic acids is 2. The average molecular weight is 521 g/mol. The molecule has 0 bridgehead atoms. The van der Waals surface area contributed by atoms with E-state index in [4.69, 9.17) is 14.9 Å². The summed E-state index contributed by atoms with van der Waals surface area (Å²) in [5, 5.41) is 25.9. The summed E-state index contributed by atoms with van der Waals surface area (Å²) in [5.41, 5.74) is 0.593. The average Bonchev–Trinajstić information content (AvgIpc) is 3.06. The fraction of sp³-hybridized carbons (Fsp3) is 0.483. The van der Waals surface area contributed by atoms with Gasteiger partial charge in [0.05, 0.1) is 24.3 Å². The van der Waals surface area contributed by atoms with Crippen molar-refractivity contribution in [3.05, 3.63) is 64.7 Å². The van der Waals surface area contributed by atoms with E-state index in [1.54, 1.807) is 32.2 Å². The number of rotatable bonds is 5. The number of ether oxygens (including phenoxy) is 2. The second kappa shape index (κ2) is 9.10. The fourth-order valence-electron chi connectivity index (χ4n) is 6.08. The van der Waals surface area contributed by atoms with Gasteiger partial charge in [-0.15, -0.1) is 0 Å². The Balaban J connectivity index is 1.49. The van der Waals surface area contributed by atoms with E-state index in [0.29, 0.717) is 36.3 Å². The predicted octanol–water partition coefficient (Wildman–Crippen LogP) is 3.23. The Kier molecular flexibility index (Phi) is 6.27. The number of nitrogens with one attached hydrogen (secondary N) is 3. The zero-order valence-corrected chi connectivity index (χ0v) is 22.6. The minimum absolute atomic E-state index is 0.0253. The van der Waals surface area contributed by atoms with Crippen LogP contribution in [0.1, 0.15) is 79.7 Å². The van der Waals surface area contributed by atoms with Crippen LogP contribution in [0, 0.1) is 5.41 Å². The molecule has 38 heavy (non-hydrogen) atoms. The molecule has 9 nitrogen and oxygen atoms in total. The third-order valence-electron chi connectivity index (χ3n) is 7.75. The molecule has 2 aliphatic heterocycles. The first-order valence-electron chi connectivity index (χ1n) is 12.9. The van der Waals surface area contributed by atoms with E-state index in [2.05, 4.69) is 10.6 Å². The number of benzene rings is 2. The first-order chi connectivity index (χ1) is 17.8. The molecule has 2 heterocycles. The van der Waals surface area contributed by atoms with Crippen LogP contribution >= 0.6 is 0 Å². The maximum absolute atomic E-state index is 13.5. The normalized spacial score (nSPS) is 29.7. The summed E-state index contributed by atoms with van der Waals surface area (Å²) >= 11 is 0. The maximum atomic E-state index is 13.5. The molecular weight excluding hydrogens is 484 g/mol. The Morgan fingerprint density at radius 2 is 1.92 bits per heavy atom. The Morgan fingerprint density at radius 3 is 2.63 bits per heavy atom. The van der Waals surface area contributed by atoms with Crippen LogP contribution in [0.15, 0.2) is 42.5 Å². The standard InChI is InChI=1S/C29H36N4O5/c1-27(2)15-23(34)33(26(30)32-27)21-14-28(3,16-37-5)38-22-11-10-17(12-20(21)22)25(35)31-24-19-9-7-6-8-18(19)13-29(24,4)36/h6-12,21,24,36H,13-16H2,1-5H3,(H2,30,32)(H,31,35)/t21?,24-,28?,29+/m1/s1. The number of fused-ring (bicyclic) bond motifs is 2. The minimum Gasteiger partial charge on any atom is -0.485 e. The van der Waals surface area contributed by atoms with Crippen molar-refractivity contribution in [2.45, 2.75) is 75.8 Å². The molecule has 4 N–H and O–H groups in total. The van der Waals surface area contributed by atoms with Crippen molar-refractivity contribution in [2.24, 2.45) is 0 Å².